The monoisotopic (exact) mass is 775 g/mol. The highest BCUT2D eigenvalue weighted by molar-refractivity contribution is 5.86. The third kappa shape index (κ3) is 4.99. The molecule has 7 fully saturated rings. The maximum absolute atomic E-state index is 14.0. The summed E-state index contributed by atoms with van der Waals surface area (Å²) in [6.45, 7) is 4.21. The highest BCUT2D eigenvalue weighted by atomic mass is 16.5. The smallest absolute Gasteiger partial charge is 0.331 e. The van der Waals surface area contributed by atoms with Crippen LogP contribution in [0.2, 0.25) is 0 Å². The van der Waals surface area contributed by atoms with Gasteiger partial charge in [0.2, 0.25) is 0 Å². The lowest BCUT2D eigenvalue weighted by Crippen LogP contribution is -2.85. The van der Waals surface area contributed by atoms with Gasteiger partial charge in [0.25, 0.3) is 0 Å². The molecule has 0 radical (unpaired) electrons. The van der Waals surface area contributed by atoms with E-state index in [-0.39, 0.29) is 49.2 Å². The molecular formula is C46H65NO9. The van der Waals surface area contributed by atoms with E-state index in [1.807, 2.05) is 38.2 Å². The lowest BCUT2D eigenvalue weighted by Gasteiger charge is -2.72. The van der Waals surface area contributed by atoms with Gasteiger partial charge >= 0.3 is 5.97 Å². The van der Waals surface area contributed by atoms with Gasteiger partial charge < -0.3 is 45.5 Å². The van der Waals surface area contributed by atoms with Crippen molar-refractivity contribution in [3.8, 4) is 0 Å². The molecule has 0 saturated heterocycles. The summed E-state index contributed by atoms with van der Waals surface area (Å²) in [7, 11) is 1.90. The SMILES string of the molecule is CN[C@H](Cc1ccccc1CO)[C@H]1C[C@@H]2C[C@]3(O)[C@]4(O)[C@H](O)[C@H]5C[C@H]([C@@H](C)C6CCCC6)CC[C@H]6[C@@H](O)CC[C@](C=O)([C@H]4CC[C@]3(C)[C@H]2C2=CC(=O)O[C@H]21)[C@]56O. The molecule has 0 amide bonds. The fourth-order valence-electron chi connectivity index (χ4n) is 16.1. The number of aliphatic hydroxyl groups excluding tert-OH is 3. The number of rotatable bonds is 8. The third-order valence-electron chi connectivity index (χ3n) is 18.8. The maximum Gasteiger partial charge on any atom is 0.331 e. The lowest BCUT2D eigenvalue weighted by molar-refractivity contribution is -0.373. The van der Waals surface area contributed by atoms with Gasteiger partial charge in [-0.05, 0) is 118 Å². The van der Waals surface area contributed by atoms with Crippen LogP contribution >= 0.6 is 0 Å². The molecule has 10 heteroatoms. The van der Waals surface area contributed by atoms with Crippen molar-refractivity contribution < 1.29 is 45.0 Å². The minimum Gasteiger partial charge on any atom is -0.454 e. The number of hydrogen-bond acceptors (Lipinski definition) is 10. The second kappa shape index (κ2) is 13.7. The van der Waals surface area contributed by atoms with Crippen LogP contribution in [0.3, 0.4) is 0 Å². The minimum atomic E-state index is -2.13. The Morgan fingerprint density at radius 3 is 2.36 bits per heavy atom. The van der Waals surface area contributed by atoms with Crippen LogP contribution in [-0.2, 0) is 27.4 Å². The number of nitrogens with one attached hydrogen (secondary N) is 1. The van der Waals surface area contributed by atoms with Crippen molar-refractivity contribution in [3.63, 3.8) is 0 Å². The molecule has 308 valence electrons. The molecular weight excluding hydrogens is 711 g/mol. The van der Waals surface area contributed by atoms with E-state index in [1.165, 1.54) is 12.8 Å². The van der Waals surface area contributed by atoms with E-state index in [0.717, 1.165) is 42.2 Å². The molecule has 0 spiro atoms. The zero-order valence-electron chi connectivity index (χ0n) is 33.5. The van der Waals surface area contributed by atoms with Crippen LogP contribution in [0.1, 0.15) is 108 Å². The van der Waals surface area contributed by atoms with Crippen molar-refractivity contribution in [1.82, 2.24) is 5.32 Å². The number of ether oxygens (including phenoxy) is 1. The fourth-order valence-corrected chi connectivity index (χ4v) is 16.1. The zero-order valence-corrected chi connectivity index (χ0v) is 33.5. The Morgan fingerprint density at radius 1 is 0.929 bits per heavy atom. The second-order valence-corrected chi connectivity index (χ2v) is 20.3. The van der Waals surface area contributed by atoms with Gasteiger partial charge in [-0.3, -0.25) is 0 Å². The average molecular weight is 776 g/mol. The first-order valence-corrected chi connectivity index (χ1v) is 22.0. The molecule has 8 aliphatic rings. The number of hydrogen-bond donors (Lipinski definition) is 7. The Kier molecular flexibility index (Phi) is 9.60. The van der Waals surface area contributed by atoms with Crippen molar-refractivity contribution in [1.29, 1.82) is 0 Å². The highest BCUT2D eigenvalue weighted by Gasteiger charge is 2.84. The lowest BCUT2D eigenvalue weighted by atomic mass is 9.35. The van der Waals surface area contributed by atoms with E-state index in [1.54, 1.807) is 6.08 Å². The average Bonchev–Trinajstić information content (AvgIpc) is 3.89. The number of carbonyl (C=O) groups is 2. The number of benzene rings is 1. The molecule has 17 atom stereocenters. The largest absolute Gasteiger partial charge is 0.454 e. The van der Waals surface area contributed by atoms with Gasteiger partial charge in [-0.1, -0.05) is 63.8 Å². The molecule has 7 N–H and O–H groups in total. The quantitative estimate of drug-likeness (QED) is 0.151. The van der Waals surface area contributed by atoms with E-state index in [2.05, 4.69) is 12.2 Å². The predicted molar refractivity (Wildman–Crippen MR) is 207 cm³/mol. The van der Waals surface area contributed by atoms with Gasteiger partial charge in [0, 0.05) is 41.2 Å². The molecule has 10 nitrogen and oxygen atoms in total. The van der Waals surface area contributed by atoms with Crippen LogP contribution in [0.5, 0.6) is 0 Å². The summed E-state index contributed by atoms with van der Waals surface area (Å²) in [5, 5.41) is 79.1. The molecule has 9 rings (SSSR count). The van der Waals surface area contributed by atoms with Crippen molar-refractivity contribution in [2.24, 2.45) is 64.1 Å². The van der Waals surface area contributed by atoms with E-state index in [4.69, 9.17) is 4.74 Å². The Balaban J connectivity index is 1.13. The molecule has 0 aromatic heterocycles. The van der Waals surface area contributed by atoms with Gasteiger partial charge in [0.05, 0.1) is 29.8 Å². The van der Waals surface area contributed by atoms with E-state index >= 15 is 0 Å². The summed E-state index contributed by atoms with van der Waals surface area (Å²) < 4.78 is 6.13. The van der Waals surface area contributed by atoms with Crippen LogP contribution in [0.25, 0.3) is 0 Å². The number of likely N-dealkylation sites (N-methyl/N-ethyl adjacent to an activating group) is 1. The van der Waals surface area contributed by atoms with E-state index in [9.17, 15) is 40.2 Å². The first-order chi connectivity index (χ1) is 26.7. The molecule has 1 aromatic carbocycles. The number of aldehydes is 1. The van der Waals surface area contributed by atoms with Crippen molar-refractivity contribution in [2.45, 2.75) is 152 Å². The van der Waals surface area contributed by atoms with Crippen LogP contribution in [0.15, 0.2) is 35.9 Å². The molecule has 7 aliphatic carbocycles. The number of aliphatic hydroxyl groups is 6. The van der Waals surface area contributed by atoms with Gasteiger partial charge in [-0.15, -0.1) is 0 Å². The van der Waals surface area contributed by atoms with Crippen LogP contribution in [-0.4, -0.2) is 91.1 Å². The Bertz CT molecular complexity index is 1750. The van der Waals surface area contributed by atoms with Gasteiger partial charge in [-0.25, -0.2) is 4.79 Å². The van der Waals surface area contributed by atoms with Crippen molar-refractivity contribution >= 4 is 12.3 Å². The molecule has 56 heavy (non-hydrogen) atoms. The van der Waals surface area contributed by atoms with E-state index < -0.39 is 69.7 Å². The number of carbonyl (C=O) groups excluding carboxylic acids is 2. The van der Waals surface area contributed by atoms with Crippen LogP contribution in [0, 0.1) is 64.1 Å². The summed E-state index contributed by atoms with van der Waals surface area (Å²) in [5.74, 6) is -2.53. The van der Waals surface area contributed by atoms with Crippen molar-refractivity contribution in [3.05, 3.63) is 47.0 Å². The zero-order chi connectivity index (χ0) is 39.6. The Hall–Kier alpha value is -2.18. The predicted octanol–water partition coefficient (Wildman–Crippen LogP) is 4.00. The summed E-state index contributed by atoms with van der Waals surface area (Å²) in [6, 6.07) is 7.66. The summed E-state index contributed by atoms with van der Waals surface area (Å²) in [5.41, 5.74) is -5.48. The molecule has 1 heterocycles. The first kappa shape index (κ1) is 39.3. The summed E-state index contributed by atoms with van der Waals surface area (Å²) >= 11 is 0. The second-order valence-electron chi connectivity index (χ2n) is 20.3. The number of fused-ring (bicyclic) bond motifs is 8. The highest BCUT2D eigenvalue weighted by Crippen LogP contribution is 2.76. The first-order valence-electron chi connectivity index (χ1n) is 22.0. The van der Waals surface area contributed by atoms with Gasteiger partial charge in [0.15, 0.2) is 0 Å². The Morgan fingerprint density at radius 2 is 1.66 bits per heavy atom. The van der Waals surface area contributed by atoms with Crippen LogP contribution < -0.4 is 5.32 Å². The standard InChI is InChI=1S/C46H65NO9/c1-25(26-8-4-5-9-26)27-12-13-33-36(50)14-17-43(24-49)37-15-16-42(2)39-30(22-44(42,53)46(37,55)41(52)34(19-27)45(33,43)54)18-31(40-32(39)21-38(51)56-40)35(47-3)20-28-10-6-7-11-29(28)23-48/h6-7,10-11,21,24-27,30-31,33-37,39-41,47-48,50,52-55H,4-5,8-9,12-20,22-23H2,1-3H3/t25-,27+,30+,31+,33-,34+,35+,36-,37+,39+,40-,41+,42+,43-,44+,45+,46+/m0/s1. The topological polar surface area (TPSA) is 177 Å². The molecule has 0 bridgehead atoms. The fraction of sp³-hybridized carbons (Fsp3) is 0.783. The van der Waals surface area contributed by atoms with Gasteiger partial charge in [-0.2, -0.15) is 0 Å². The molecule has 1 aliphatic heterocycles. The van der Waals surface area contributed by atoms with Gasteiger partial charge in [0.1, 0.15) is 23.6 Å². The normalized spacial score (nSPS) is 49.3. The van der Waals surface area contributed by atoms with Crippen LogP contribution in [0.4, 0.5) is 0 Å². The minimum absolute atomic E-state index is 0.0860. The third-order valence-corrected chi connectivity index (χ3v) is 18.8. The molecule has 1 aromatic rings. The Labute approximate surface area is 331 Å². The summed E-state index contributed by atoms with van der Waals surface area (Å²) in [4.78, 5) is 27.2. The number of esters is 1. The molecule has 7 saturated carbocycles. The molecule has 0 unspecified atom stereocenters. The van der Waals surface area contributed by atoms with E-state index in [0.29, 0.717) is 56.8 Å². The van der Waals surface area contributed by atoms with Crippen molar-refractivity contribution in [2.75, 3.05) is 7.05 Å². The summed E-state index contributed by atoms with van der Waals surface area (Å²) in [6.07, 6.45) is 8.59. The maximum atomic E-state index is 14.0.